The Bertz CT molecular complexity index is 253. The molecule has 1 aliphatic heterocycles. The highest BCUT2D eigenvalue weighted by Gasteiger charge is 2.33. The molecule has 1 saturated carbocycles. The molecule has 0 aromatic heterocycles. The number of nitriles is 1. The number of nitrogens with zero attached hydrogens (tertiary/aromatic N) is 1. The summed E-state index contributed by atoms with van der Waals surface area (Å²) in [6, 6.07) is 2.80. The largest absolute Gasteiger partial charge is 0.374 e. The molecule has 0 radical (unpaired) electrons. The Morgan fingerprint density at radius 3 is 3.00 bits per heavy atom. The fraction of sp³-hybridized carbons (Fsp3) is 0.917. The van der Waals surface area contributed by atoms with Crippen molar-refractivity contribution >= 4 is 0 Å². The van der Waals surface area contributed by atoms with Gasteiger partial charge >= 0.3 is 0 Å². The van der Waals surface area contributed by atoms with Crippen molar-refractivity contribution in [1.29, 1.82) is 5.26 Å². The lowest BCUT2D eigenvalue weighted by Crippen LogP contribution is -2.43. The molecule has 1 aliphatic carbocycles. The van der Waals surface area contributed by atoms with E-state index in [1.807, 2.05) is 0 Å². The van der Waals surface area contributed by atoms with Gasteiger partial charge in [-0.1, -0.05) is 6.42 Å². The molecule has 15 heavy (non-hydrogen) atoms. The Hall–Kier alpha value is -0.590. The number of rotatable bonds is 3. The van der Waals surface area contributed by atoms with Crippen LogP contribution in [0.3, 0.4) is 0 Å². The number of hydrogen-bond donors (Lipinski definition) is 1. The maximum absolute atomic E-state index is 8.97. The molecule has 0 aromatic carbocycles. The molecule has 0 bridgehead atoms. The first-order valence-electron chi connectivity index (χ1n) is 6.00. The Morgan fingerprint density at radius 2 is 2.33 bits per heavy atom. The van der Waals surface area contributed by atoms with Crippen molar-refractivity contribution in [3.05, 3.63) is 0 Å². The Kier molecular flexibility index (Phi) is 3.28. The third kappa shape index (κ3) is 2.50. The smallest absolute Gasteiger partial charge is 0.0779 e. The number of nitrogens with one attached hydrogen (secondary N) is 1. The van der Waals surface area contributed by atoms with Crippen molar-refractivity contribution in [2.24, 2.45) is 5.92 Å². The highest BCUT2D eigenvalue weighted by Crippen LogP contribution is 2.28. The average Bonchev–Trinajstić information content (AvgIpc) is 2.84. The van der Waals surface area contributed by atoms with E-state index >= 15 is 0 Å². The fourth-order valence-corrected chi connectivity index (χ4v) is 2.68. The first-order valence-corrected chi connectivity index (χ1v) is 6.00. The van der Waals surface area contributed by atoms with Crippen LogP contribution < -0.4 is 5.32 Å². The van der Waals surface area contributed by atoms with Crippen LogP contribution in [-0.2, 0) is 4.74 Å². The summed E-state index contributed by atoms with van der Waals surface area (Å²) in [6.07, 6.45) is 5.71. The van der Waals surface area contributed by atoms with E-state index in [0.717, 1.165) is 32.4 Å². The molecule has 1 heterocycles. The van der Waals surface area contributed by atoms with Crippen LogP contribution in [0.15, 0.2) is 0 Å². The van der Waals surface area contributed by atoms with Gasteiger partial charge in [-0.3, -0.25) is 0 Å². The average molecular weight is 208 g/mol. The second-order valence-corrected chi connectivity index (χ2v) is 5.06. The second kappa shape index (κ2) is 4.51. The zero-order valence-electron chi connectivity index (χ0n) is 9.46. The summed E-state index contributed by atoms with van der Waals surface area (Å²) in [7, 11) is 0. The van der Waals surface area contributed by atoms with Gasteiger partial charge in [0.2, 0.25) is 0 Å². The van der Waals surface area contributed by atoms with Crippen LogP contribution in [0.1, 0.15) is 39.0 Å². The van der Waals surface area contributed by atoms with Crippen molar-refractivity contribution < 1.29 is 4.74 Å². The molecule has 3 unspecified atom stereocenters. The molecular formula is C12H20N2O. The van der Waals surface area contributed by atoms with Gasteiger partial charge in [0.1, 0.15) is 0 Å². The molecule has 3 heteroatoms. The predicted molar refractivity (Wildman–Crippen MR) is 58.3 cm³/mol. The molecular weight excluding hydrogens is 188 g/mol. The lowest BCUT2D eigenvalue weighted by molar-refractivity contribution is 0.0183. The lowest BCUT2D eigenvalue weighted by Gasteiger charge is -2.26. The molecule has 3 nitrogen and oxygen atoms in total. The summed E-state index contributed by atoms with van der Waals surface area (Å²) in [5, 5.41) is 12.5. The van der Waals surface area contributed by atoms with Crippen LogP contribution in [0.2, 0.25) is 0 Å². The van der Waals surface area contributed by atoms with Gasteiger partial charge < -0.3 is 10.1 Å². The second-order valence-electron chi connectivity index (χ2n) is 5.06. The first kappa shape index (κ1) is 10.9. The molecule has 0 amide bonds. The molecule has 1 N–H and O–H groups in total. The monoisotopic (exact) mass is 208 g/mol. The number of hydrogen-bond acceptors (Lipinski definition) is 3. The van der Waals surface area contributed by atoms with E-state index in [9.17, 15) is 0 Å². The summed E-state index contributed by atoms with van der Waals surface area (Å²) < 4.78 is 5.72. The summed E-state index contributed by atoms with van der Waals surface area (Å²) in [5.41, 5.74) is 0.0165. The van der Waals surface area contributed by atoms with Gasteiger partial charge in [-0.15, -0.1) is 0 Å². The molecule has 1 saturated heterocycles. The molecule has 2 rings (SSSR count). The maximum atomic E-state index is 8.97. The summed E-state index contributed by atoms with van der Waals surface area (Å²) in [6.45, 7) is 3.96. The molecule has 0 spiro atoms. The quantitative estimate of drug-likeness (QED) is 0.769. The Balaban J connectivity index is 1.80. The van der Waals surface area contributed by atoms with Crippen molar-refractivity contribution in [3.63, 3.8) is 0 Å². The fourth-order valence-electron chi connectivity index (χ4n) is 2.68. The van der Waals surface area contributed by atoms with Gasteiger partial charge in [-0.2, -0.15) is 5.26 Å². The molecule has 0 aromatic rings. The molecule has 2 aliphatic rings. The van der Waals surface area contributed by atoms with Crippen LogP contribution in [0.25, 0.3) is 0 Å². The Labute approximate surface area is 91.8 Å². The molecule has 2 fully saturated rings. The third-order valence-corrected chi connectivity index (χ3v) is 3.72. The minimum absolute atomic E-state index is 0.0165. The van der Waals surface area contributed by atoms with E-state index in [0.29, 0.717) is 6.04 Å². The SMILES string of the molecule is CC1(CNC2CCCC2C#N)CCCO1. The topological polar surface area (TPSA) is 45.0 Å². The van der Waals surface area contributed by atoms with Crippen LogP contribution in [0, 0.1) is 17.2 Å². The van der Waals surface area contributed by atoms with Gasteiger partial charge in [-0.25, -0.2) is 0 Å². The highest BCUT2D eigenvalue weighted by atomic mass is 16.5. The van der Waals surface area contributed by atoms with Crippen LogP contribution >= 0.6 is 0 Å². The van der Waals surface area contributed by atoms with Gasteiger partial charge in [0.15, 0.2) is 0 Å². The maximum Gasteiger partial charge on any atom is 0.0779 e. The van der Waals surface area contributed by atoms with Gasteiger partial charge in [0.05, 0.1) is 17.6 Å². The van der Waals surface area contributed by atoms with Crippen molar-refractivity contribution in [3.8, 4) is 6.07 Å². The van der Waals surface area contributed by atoms with E-state index in [1.54, 1.807) is 0 Å². The minimum atomic E-state index is 0.0165. The zero-order valence-corrected chi connectivity index (χ0v) is 9.46. The summed E-state index contributed by atoms with van der Waals surface area (Å²) in [5.74, 6) is 0.218. The van der Waals surface area contributed by atoms with Crippen LogP contribution in [0.5, 0.6) is 0 Å². The van der Waals surface area contributed by atoms with E-state index in [-0.39, 0.29) is 11.5 Å². The normalized spacial score (nSPS) is 40.5. The van der Waals surface area contributed by atoms with E-state index in [4.69, 9.17) is 10.00 Å². The van der Waals surface area contributed by atoms with Gasteiger partial charge in [-0.05, 0) is 32.6 Å². The van der Waals surface area contributed by atoms with Crippen LogP contribution in [0.4, 0.5) is 0 Å². The predicted octanol–water partition coefficient (Wildman–Crippen LogP) is 1.84. The lowest BCUT2D eigenvalue weighted by atomic mass is 10.0. The first-order chi connectivity index (χ1) is 7.23. The van der Waals surface area contributed by atoms with Crippen molar-refractivity contribution in [2.45, 2.75) is 50.7 Å². The molecule has 84 valence electrons. The zero-order chi connectivity index (χ0) is 10.7. The van der Waals surface area contributed by atoms with Crippen molar-refractivity contribution in [2.75, 3.05) is 13.2 Å². The van der Waals surface area contributed by atoms with E-state index in [2.05, 4.69) is 18.3 Å². The van der Waals surface area contributed by atoms with Crippen LogP contribution in [-0.4, -0.2) is 24.8 Å². The standard InChI is InChI=1S/C12H20N2O/c1-12(6-3-7-15-12)9-14-11-5-2-4-10(11)8-13/h10-11,14H,2-7,9H2,1H3. The Morgan fingerprint density at radius 1 is 1.47 bits per heavy atom. The van der Waals surface area contributed by atoms with Crippen molar-refractivity contribution in [1.82, 2.24) is 5.32 Å². The summed E-state index contributed by atoms with van der Waals surface area (Å²) >= 11 is 0. The van der Waals surface area contributed by atoms with Gasteiger partial charge in [0.25, 0.3) is 0 Å². The number of ether oxygens (including phenoxy) is 1. The van der Waals surface area contributed by atoms with Gasteiger partial charge in [0, 0.05) is 19.2 Å². The third-order valence-electron chi connectivity index (χ3n) is 3.72. The summed E-state index contributed by atoms with van der Waals surface area (Å²) in [4.78, 5) is 0. The minimum Gasteiger partial charge on any atom is -0.374 e. The molecule has 3 atom stereocenters. The highest BCUT2D eigenvalue weighted by molar-refractivity contribution is 4.97. The van der Waals surface area contributed by atoms with E-state index in [1.165, 1.54) is 12.8 Å². The van der Waals surface area contributed by atoms with E-state index < -0.39 is 0 Å².